The third-order valence-corrected chi connectivity index (χ3v) is 3.59. The summed E-state index contributed by atoms with van der Waals surface area (Å²) in [6, 6.07) is 9.75. The molecule has 1 aromatic heterocycles. The molecule has 2 aromatic rings. The maximum absolute atomic E-state index is 12.2. The Morgan fingerprint density at radius 1 is 1.36 bits per heavy atom. The fourth-order valence-electron chi connectivity index (χ4n) is 2.35. The quantitative estimate of drug-likeness (QED) is 0.771. The number of hydrazone groups is 1. The van der Waals surface area contributed by atoms with Crippen LogP contribution < -0.4 is 15.5 Å². The normalized spacial score (nSPS) is 16.4. The number of hydrogen-bond donors (Lipinski definition) is 1. The van der Waals surface area contributed by atoms with Crippen LogP contribution in [0, 0.1) is 0 Å². The fourth-order valence-corrected chi connectivity index (χ4v) is 2.35. The molecule has 25 heavy (non-hydrogen) atoms. The van der Waals surface area contributed by atoms with Crippen LogP contribution in [-0.4, -0.2) is 35.9 Å². The molecule has 0 bridgehead atoms. The summed E-state index contributed by atoms with van der Waals surface area (Å²) < 4.78 is 15.0. The number of aromatic nitrogens is 1. The first-order chi connectivity index (χ1) is 12.1. The zero-order chi connectivity index (χ0) is 17.8. The Morgan fingerprint density at radius 2 is 2.12 bits per heavy atom. The monoisotopic (exact) mass is 344 g/mol. The van der Waals surface area contributed by atoms with Crippen molar-refractivity contribution in [1.29, 1.82) is 0 Å². The number of anilines is 1. The van der Waals surface area contributed by atoms with Gasteiger partial charge in [-0.05, 0) is 17.3 Å². The highest BCUT2D eigenvalue weighted by molar-refractivity contribution is 6.38. The fraction of sp³-hybridized carbons (Fsp3) is 0.250. The summed E-state index contributed by atoms with van der Waals surface area (Å²) in [6.45, 7) is -0.124. The Bertz CT molecular complexity index is 802. The second-order valence-electron chi connectivity index (χ2n) is 5.26. The molecule has 9 nitrogen and oxygen atoms in total. The molecule has 1 aliphatic rings. The molecule has 0 aliphatic carbocycles. The van der Waals surface area contributed by atoms with Crippen molar-refractivity contribution in [1.82, 2.24) is 5.16 Å². The molecule has 0 radical (unpaired) electrons. The summed E-state index contributed by atoms with van der Waals surface area (Å²) in [4.78, 5) is 23.9. The molecule has 1 aliphatic heterocycles. The Balaban J connectivity index is 1.70. The summed E-state index contributed by atoms with van der Waals surface area (Å²) >= 11 is 0. The van der Waals surface area contributed by atoms with Gasteiger partial charge in [-0.25, -0.2) is 4.79 Å². The lowest BCUT2D eigenvalue weighted by atomic mass is 10.1. The van der Waals surface area contributed by atoms with Crippen LogP contribution in [0.3, 0.4) is 0 Å². The molecule has 1 atom stereocenters. The second kappa shape index (κ2) is 7.04. The van der Waals surface area contributed by atoms with E-state index in [1.807, 2.05) is 6.07 Å². The highest BCUT2D eigenvalue weighted by Gasteiger charge is 2.35. The van der Waals surface area contributed by atoms with Crippen LogP contribution in [-0.2, 0) is 20.9 Å². The lowest BCUT2D eigenvalue weighted by molar-refractivity contribution is -0.137. The average Bonchev–Trinajstić information content (AvgIpc) is 3.27. The molecule has 9 heteroatoms. The van der Waals surface area contributed by atoms with Crippen LogP contribution in [0.2, 0.25) is 0 Å². The molecule has 1 aromatic carbocycles. The second-order valence-corrected chi connectivity index (χ2v) is 5.26. The molecular weight excluding hydrogens is 328 g/mol. The van der Waals surface area contributed by atoms with Crippen LogP contribution in [0.4, 0.5) is 5.69 Å². The van der Waals surface area contributed by atoms with Gasteiger partial charge in [0, 0.05) is 12.5 Å². The predicted molar refractivity (Wildman–Crippen MR) is 86.8 cm³/mol. The van der Waals surface area contributed by atoms with Crippen LogP contribution in [0.5, 0.6) is 5.88 Å². The minimum atomic E-state index is -0.740. The maximum Gasteiger partial charge on any atom is 0.355 e. The third-order valence-electron chi connectivity index (χ3n) is 3.59. The van der Waals surface area contributed by atoms with Gasteiger partial charge < -0.3 is 19.7 Å². The van der Waals surface area contributed by atoms with Gasteiger partial charge in [0.2, 0.25) is 5.91 Å². The van der Waals surface area contributed by atoms with Gasteiger partial charge in [0.15, 0.2) is 12.4 Å². The average molecular weight is 344 g/mol. The number of ether oxygens (including phenoxy) is 2. The lowest BCUT2D eigenvalue weighted by Gasteiger charge is -2.20. The van der Waals surface area contributed by atoms with E-state index in [9.17, 15) is 9.59 Å². The number of rotatable bonds is 6. The molecular formula is C16H16N4O5. The van der Waals surface area contributed by atoms with Crippen molar-refractivity contribution < 1.29 is 23.6 Å². The lowest BCUT2D eigenvalue weighted by Crippen LogP contribution is -2.39. The molecule has 3 rings (SSSR count). The molecule has 1 amide bonds. The predicted octanol–water partition coefficient (Wildman–Crippen LogP) is 0.847. The van der Waals surface area contributed by atoms with Gasteiger partial charge in [-0.1, -0.05) is 18.2 Å². The first-order valence-electron chi connectivity index (χ1n) is 7.46. The van der Waals surface area contributed by atoms with Crippen molar-refractivity contribution in [2.75, 3.05) is 12.1 Å². The van der Waals surface area contributed by atoms with Gasteiger partial charge in [-0.2, -0.15) is 5.10 Å². The van der Waals surface area contributed by atoms with Crippen molar-refractivity contribution in [3.8, 4) is 5.88 Å². The van der Waals surface area contributed by atoms with E-state index in [0.29, 0.717) is 11.4 Å². The van der Waals surface area contributed by atoms with E-state index in [2.05, 4.69) is 10.3 Å². The number of primary amides is 1. The molecule has 2 N–H and O–H groups in total. The smallest absolute Gasteiger partial charge is 0.355 e. The van der Waals surface area contributed by atoms with Crippen molar-refractivity contribution in [2.24, 2.45) is 10.8 Å². The number of nitrogens with two attached hydrogens (primary N) is 1. The number of amides is 1. The number of carbonyl (C=O) groups excluding carboxylic acids is 2. The van der Waals surface area contributed by atoms with Crippen molar-refractivity contribution in [3.05, 3.63) is 42.2 Å². The van der Waals surface area contributed by atoms with E-state index in [4.69, 9.17) is 19.7 Å². The van der Waals surface area contributed by atoms with Crippen LogP contribution in [0.15, 0.2) is 46.0 Å². The van der Waals surface area contributed by atoms with E-state index in [1.54, 1.807) is 24.3 Å². The molecule has 0 saturated carbocycles. The Kier molecular flexibility index (Phi) is 4.64. The van der Waals surface area contributed by atoms with Gasteiger partial charge in [-0.3, -0.25) is 9.80 Å². The number of hydrogen-bond acceptors (Lipinski definition) is 8. The van der Waals surface area contributed by atoms with Gasteiger partial charge in [0.25, 0.3) is 5.88 Å². The zero-order valence-corrected chi connectivity index (χ0v) is 13.4. The molecule has 0 unspecified atom stereocenters. The summed E-state index contributed by atoms with van der Waals surface area (Å²) in [7, 11) is 1.45. The summed E-state index contributed by atoms with van der Waals surface area (Å²) in [5, 5.41) is 9.23. The maximum atomic E-state index is 12.2. The van der Waals surface area contributed by atoms with Gasteiger partial charge >= 0.3 is 5.97 Å². The largest absolute Gasteiger partial charge is 0.479 e. The Morgan fingerprint density at radius 3 is 2.76 bits per heavy atom. The first kappa shape index (κ1) is 16.5. The number of carbonyl (C=O) groups is 2. The van der Waals surface area contributed by atoms with E-state index in [1.165, 1.54) is 18.2 Å². The van der Waals surface area contributed by atoms with Crippen molar-refractivity contribution in [3.63, 3.8) is 0 Å². The number of para-hydroxylation sites is 1. The third kappa shape index (κ3) is 3.60. The number of esters is 1. The summed E-state index contributed by atoms with van der Waals surface area (Å²) in [6.07, 6.45) is 0.0722. The van der Waals surface area contributed by atoms with E-state index in [-0.39, 0.29) is 24.6 Å². The molecule has 2 heterocycles. The number of nitrogens with zero attached hydrogens (tertiary/aromatic N) is 3. The van der Waals surface area contributed by atoms with Gasteiger partial charge in [-0.15, -0.1) is 0 Å². The molecule has 130 valence electrons. The summed E-state index contributed by atoms with van der Waals surface area (Å²) in [5.41, 5.74) is 6.20. The Hall–Kier alpha value is -3.36. The summed E-state index contributed by atoms with van der Waals surface area (Å²) in [5.74, 6) is -0.612. The van der Waals surface area contributed by atoms with Crippen molar-refractivity contribution in [2.45, 2.75) is 19.1 Å². The Labute approximate surface area is 143 Å². The molecule has 0 fully saturated rings. The minimum absolute atomic E-state index is 0.0722. The highest BCUT2D eigenvalue weighted by Crippen LogP contribution is 2.24. The van der Waals surface area contributed by atoms with Crippen LogP contribution in [0.25, 0.3) is 0 Å². The highest BCUT2D eigenvalue weighted by atomic mass is 16.6. The number of methoxy groups -OCH3 is 1. The van der Waals surface area contributed by atoms with Crippen LogP contribution >= 0.6 is 0 Å². The molecule has 0 spiro atoms. The van der Waals surface area contributed by atoms with Crippen LogP contribution in [0.1, 0.15) is 12.2 Å². The van der Waals surface area contributed by atoms with Crippen molar-refractivity contribution >= 4 is 23.3 Å². The SMILES string of the molecule is COc1cc(COC(=O)C2=NN(c3ccccc3)[C@@H](C(N)=O)C2)on1. The molecule has 0 saturated heterocycles. The standard InChI is InChI=1S/C16H16N4O5/c1-23-14-7-11(25-19-14)9-24-16(22)12-8-13(15(17)21)20(18-12)10-5-3-2-4-6-10/h2-7,13H,8-9H2,1H3,(H2,17,21)/t13-/m1/s1. The topological polar surface area (TPSA) is 120 Å². The van der Waals surface area contributed by atoms with E-state index >= 15 is 0 Å². The van der Waals surface area contributed by atoms with E-state index in [0.717, 1.165) is 0 Å². The van der Waals surface area contributed by atoms with Gasteiger partial charge in [0.05, 0.1) is 12.8 Å². The number of benzene rings is 1. The zero-order valence-electron chi connectivity index (χ0n) is 13.4. The first-order valence-corrected chi connectivity index (χ1v) is 7.46. The van der Waals surface area contributed by atoms with Gasteiger partial charge in [0.1, 0.15) is 11.8 Å². The van der Waals surface area contributed by atoms with E-state index < -0.39 is 17.9 Å². The minimum Gasteiger partial charge on any atom is -0.479 e.